The Labute approximate surface area is 165 Å². The first-order valence-electron chi connectivity index (χ1n) is 9.75. The van der Waals surface area contributed by atoms with E-state index in [0.717, 1.165) is 24.2 Å². The zero-order valence-electron chi connectivity index (χ0n) is 15.8. The first-order chi connectivity index (χ1) is 13.7. The van der Waals surface area contributed by atoms with Gasteiger partial charge in [-0.05, 0) is 11.1 Å². The molecule has 2 atom stereocenters. The van der Waals surface area contributed by atoms with Gasteiger partial charge in [0.25, 0.3) is 0 Å². The summed E-state index contributed by atoms with van der Waals surface area (Å²) in [6.07, 6.45) is 0.149. The molecule has 0 radical (unpaired) electrons. The maximum absolute atomic E-state index is 13.0. The van der Waals surface area contributed by atoms with Gasteiger partial charge in [-0.1, -0.05) is 60.7 Å². The fourth-order valence-electron chi connectivity index (χ4n) is 3.94. The summed E-state index contributed by atoms with van der Waals surface area (Å²) in [6.45, 7) is 3.18. The molecule has 0 spiro atoms. The molecule has 1 N–H and O–H groups in total. The Bertz CT molecular complexity index is 812. The van der Waals surface area contributed by atoms with Gasteiger partial charge >= 0.3 is 12.0 Å². The Morgan fingerprint density at radius 3 is 2.54 bits per heavy atom. The number of hydrogen-bond acceptors (Lipinski definition) is 4. The van der Waals surface area contributed by atoms with Crippen LogP contribution in [0.1, 0.15) is 23.6 Å². The average Bonchev–Trinajstić information content (AvgIpc) is 3.08. The number of esters is 1. The highest BCUT2D eigenvalue weighted by molar-refractivity contribution is 5.79. The van der Waals surface area contributed by atoms with E-state index in [0.29, 0.717) is 13.1 Å². The Balaban J connectivity index is 1.48. The van der Waals surface area contributed by atoms with Crippen LogP contribution in [0, 0.1) is 0 Å². The topological polar surface area (TPSA) is 61.9 Å². The number of urea groups is 1. The summed E-state index contributed by atoms with van der Waals surface area (Å²) in [7, 11) is 0. The fraction of sp³-hybridized carbons (Fsp3) is 0.364. The molecule has 28 heavy (non-hydrogen) atoms. The van der Waals surface area contributed by atoms with Crippen molar-refractivity contribution in [2.24, 2.45) is 0 Å². The Morgan fingerprint density at radius 2 is 1.82 bits per heavy atom. The predicted molar refractivity (Wildman–Crippen MR) is 106 cm³/mol. The number of nitrogens with zero attached hydrogens (tertiary/aromatic N) is 2. The minimum absolute atomic E-state index is 0.0104. The van der Waals surface area contributed by atoms with Crippen LogP contribution >= 0.6 is 0 Å². The third-order valence-electron chi connectivity index (χ3n) is 5.41. The smallest absolute Gasteiger partial charge is 0.321 e. The molecule has 2 aromatic carbocycles. The van der Waals surface area contributed by atoms with Crippen LogP contribution in [0.3, 0.4) is 0 Å². The maximum Gasteiger partial charge on any atom is 0.321 e. The molecular formula is C22H25N3O3. The number of carbonyl (C=O) groups excluding carboxylic acids is 2. The largest absolute Gasteiger partial charge is 0.461 e. The molecule has 2 aliphatic heterocycles. The number of benzene rings is 2. The zero-order chi connectivity index (χ0) is 19.3. The third kappa shape index (κ3) is 4.02. The van der Waals surface area contributed by atoms with Crippen molar-refractivity contribution in [1.82, 2.24) is 15.1 Å². The lowest BCUT2D eigenvalue weighted by Gasteiger charge is -2.29. The Morgan fingerprint density at radius 1 is 1.11 bits per heavy atom. The predicted octanol–water partition coefficient (Wildman–Crippen LogP) is 2.57. The average molecular weight is 379 g/mol. The summed E-state index contributed by atoms with van der Waals surface area (Å²) in [6, 6.07) is 19.2. The highest BCUT2D eigenvalue weighted by Gasteiger charge is 2.42. The number of carbonyl (C=O) groups is 2. The van der Waals surface area contributed by atoms with E-state index in [2.05, 4.69) is 5.32 Å². The van der Waals surface area contributed by atoms with Crippen LogP contribution in [0.15, 0.2) is 60.7 Å². The molecule has 2 amide bonds. The van der Waals surface area contributed by atoms with Crippen LogP contribution in [0.5, 0.6) is 0 Å². The number of amides is 2. The van der Waals surface area contributed by atoms with E-state index in [1.54, 1.807) is 0 Å². The van der Waals surface area contributed by atoms with Crippen molar-refractivity contribution >= 4 is 12.0 Å². The number of rotatable bonds is 6. The second-order valence-electron chi connectivity index (χ2n) is 7.26. The summed E-state index contributed by atoms with van der Waals surface area (Å²) >= 11 is 0. The van der Waals surface area contributed by atoms with Gasteiger partial charge in [0.15, 0.2) is 0 Å². The van der Waals surface area contributed by atoms with Crippen LogP contribution in [0.25, 0.3) is 0 Å². The van der Waals surface area contributed by atoms with Crippen LogP contribution < -0.4 is 5.32 Å². The maximum atomic E-state index is 13.0. The van der Waals surface area contributed by atoms with Gasteiger partial charge in [0, 0.05) is 26.2 Å². The molecule has 0 bridgehead atoms. The normalized spacial score (nSPS) is 20.0. The second kappa shape index (κ2) is 8.44. The summed E-state index contributed by atoms with van der Waals surface area (Å²) in [4.78, 5) is 29.3. The first kappa shape index (κ1) is 18.5. The summed E-state index contributed by atoms with van der Waals surface area (Å²) < 4.78 is 5.49. The highest BCUT2D eigenvalue weighted by Crippen LogP contribution is 2.31. The van der Waals surface area contributed by atoms with Crippen LogP contribution in [-0.4, -0.2) is 54.0 Å². The van der Waals surface area contributed by atoms with E-state index in [-0.39, 0.29) is 37.1 Å². The van der Waals surface area contributed by atoms with Gasteiger partial charge in [0.1, 0.15) is 6.61 Å². The van der Waals surface area contributed by atoms with Crippen molar-refractivity contribution in [3.63, 3.8) is 0 Å². The molecule has 2 aliphatic rings. The van der Waals surface area contributed by atoms with E-state index in [4.69, 9.17) is 4.74 Å². The summed E-state index contributed by atoms with van der Waals surface area (Å²) in [5.41, 5.74) is 1.91. The van der Waals surface area contributed by atoms with Crippen molar-refractivity contribution in [3.8, 4) is 0 Å². The quantitative estimate of drug-likeness (QED) is 0.784. The lowest BCUT2D eigenvalue weighted by atomic mass is 10.0. The molecule has 4 rings (SSSR count). The monoisotopic (exact) mass is 379 g/mol. The molecular weight excluding hydrogens is 354 g/mol. The van der Waals surface area contributed by atoms with Gasteiger partial charge in [-0.25, -0.2) is 4.79 Å². The molecule has 2 saturated heterocycles. The second-order valence-corrected chi connectivity index (χ2v) is 7.26. The van der Waals surface area contributed by atoms with Gasteiger partial charge in [-0.2, -0.15) is 0 Å². The van der Waals surface area contributed by atoms with Gasteiger partial charge in [-0.3, -0.25) is 4.79 Å². The molecule has 2 heterocycles. The third-order valence-corrected chi connectivity index (χ3v) is 5.41. The number of piperazine rings is 1. The van der Waals surface area contributed by atoms with Gasteiger partial charge in [0.2, 0.25) is 0 Å². The van der Waals surface area contributed by atoms with E-state index < -0.39 is 0 Å². The fourth-order valence-corrected chi connectivity index (χ4v) is 3.94. The lowest BCUT2D eigenvalue weighted by Crippen LogP contribution is -2.49. The van der Waals surface area contributed by atoms with E-state index in [9.17, 15) is 9.59 Å². The molecule has 2 fully saturated rings. The highest BCUT2D eigenvalue weighted by atomic mass is 16.5. The molecule has 6 heteroatoms. The van der Waals surface area contributed by atoms with Crippen LogP contribution in [0.4, 0.5) is 4.79 Å². The Kier molecular flexibility index (Phi) is 5.58. The minimum Gasteiger partial charge on any atom is -0.461 e. The molecule has 0 aliphatic carbocycles. The Hall–Kier alpha value is -2.86. The number of hydrogen-bond donors (Lipinski definition) is 1. The minimum atomic E-state index is -0.317. The number of fused-ring (bicyclic) bond motifs is 1. The molecule has 0 aromatic heterocycles. The van der Waals surface area contributed by atoms with Crippen LogP contribution in [0.2, 0.25) is 0 Å². The van der Waals surface area contributed by atoms with Crippen molar-refractivity contribution in [3.05, 3.63) is 71.8 Å². The molecule has 2 aromatic rings. The van der Waals surface area contributed by atoms with Gasteiger partial charge in [-0.15, -0.1) is 0 Å². The lowest BCUT2D eigenvalue weighted by molar-refractivity contribution is -0.146. The standard InChI is InChI=1S/C22H25N3O3/c26-21(28-16-17-7-3-1-4-8-17)13-20(18-9-5-2-6-10-18)25-15-19-14-23-11-12-24(19)22(25)27/h1-10,19-20,23H,11-16H2/t19-,20?/m0/s1. The number of ether oxygens (including phenoxy) is 1. The molecule has 6 nitrogen and oxygen atoms in total. The summed E-state index contributed by atoms with van der Waals surface area (Å²) in [5.74, 6) is -0.298. The summed E-state index contributed by atoms with van der Waals surface area (Å²) in [5, 5.41) is 3.34. The van der Waals surface area contributed by atoms with Crippen molar-refractivity contribution in [2.45, 2.75) is 25.1 Å². The van der Waals surface area contributed by atoms with Crippen molar-refractivity contribution in [2.75, 3.05) is 26.2 Å². The van der Waals surface area contributed by atoms with Crippen molar-refractivity contribution < 1.29 is 14.3 Å². The molecule has 1 unspecified atom stereocenters. The van der Waals surface area contributed by atoms with Crippen LogP contribution in [-0.2, 0) is 16.1 Å². The number of nitrogens with one attached hydrogen (secondary N) is 1. The van der Waals surface area contributed by atoms with E-state index >= 15 is 0 Å². The molecule has 146 valence electrons. The van der Waals surface area contributed by atoms with E-state index in [1.807, 2.05) is 70.5 Å². The van der Waals surface area contributed by atoms with Crippen molar-refractivity contribution in [1.29, 1.82) is 0 Å². The van der Waals surface area contributed by atoms with Gasteiger partial charge in [0.05, 0.1) is 18.5 Å². The first-order valence-corrected chi connectivity index (χ1v) is 9.75. The SMILES string of the molecule is O=C(CC(c1ccccc1)N1C[C@@H]2CNCCN2C1=O)OCc1ccccc1. The zero-order valence-corrected chi connectivity index (χ0v) is 15.8. The van der Waals surface area contributed by atoms with Gasteiger partial charge < -0.3 is 19.9 Å². The van der Waals surface area contributed by atoms with E-state index in [1.165, 1.54) is 0 Å². The molecule has 0 saturated carbocycles.